The second-order valence-electron chi connectivity index (χ2n) is 4.91. The van der Waals surface area contributed by atoms with Crippen molar-refractivity contribution in [1.82, 2.24) is 5.32 Å². The highest BCUT2D eigenvalue weighted by Gasteiger charge is 2.23. The molecule has 6 heteroatoms. The average molecular weight is 299 g/mol. The maximum Gasteiger partial charge on any atom is 0.251 e. The van der Waals surface area contributed by atoms with E-state index in [1.807, 2.05) is 13.8 Å². The van der Waals surface area contributed by atoms with Crippen LogP contribution in [0.1, 0.15) is 37.0 Å². The zero-order chi connectivity index (χ0) is 15.4. The monoisotopic (exact) mass is 299 g/mol. The van der Waals surface area contributed by atoms with Crippen LogP contribution in [-0.4, -0.2) is 37.8 Å². The van der Waals surface area contributed by atoms with Gasteiger partial charge in [0, 0.05) is 18.4 Å². The number of sulfone groups is 1. The molecule has 0 aliphatic heterocycles. The van der Waals surface area contributed by atoms with Crippen molar-refractivity contribution < 1.29 is 18.3 Å². The van der Waals surface area contributed by atoms with Gasteiger partial charge in [0.05, 0.1) is 10.5 Å². The summed E-state index contributed by atoms with van der Waals surface area (Å²) in [6.45, 7) is 3.89. The Bertz CT molecular complexity index is 559. The van der Waals surface area contributed by atoms with E-state index >= 15 is 0 Å². The van der Waals surface area contributed by atoms with Crippen LogP contribution >= 0.6 is 0 Å². The third kappa shape index (κ3) is 4.31. The molecule has 1 aromatic rings. The van der Waals surface area contributed by atoms with Crippen LogP contribution in [0.5, 0.6) is 0 Å². The molecule has 0 heterocycles. The minimum atomic E-state index is -3.26. The van der Waals surface area contributed by atoms with Gasteiger partial charge in [-0.1, -0.05) is 13.8 Å². The largest absolute Gasteiger partial charge is 0.388 e. The molecule has 0 bridgehead atoms. The Balaban J connectivity index is 2.74. The van der Waals surface area contributed by atoms with Crippen molar-refractivity contribution in [2.45, 2.75) is 37.2 Å². The summed E-state index contributed by atoms with van der Waals surface area (Å²) in [5, 5.41) is 12.7. The van der Waals surface area contributed by atoms with Gasteiger partial charge >= 0.3 is 0 Å². The topological polar surface area (TPSA) is 83.5 Å². The zero-order valence-electron chi connectivity index (χ0n) is 12.0. The van der Waals surface area contributed by atoms with Crippen LogP contribution < -0.4 is 5.32 Å². The predicted molar refractivity (Wildman–Crippen MR) is 77.4 cm³/mol. The number of carbonyl (C=O) groups excluding carboxylic acids is 1. The summed E-state index contributed by atoms with van der Waals surface area (Å²) >= 11 is 0. The lowest BCUT2D eigenvalue weighted by atomic mass is 9.97. The molecule has 112 valence electrons. The molecule has 0 aliphatic rings. The minimum absolute atomic E-state index is 0.173. The fraction of sp³-hybridized carbons (Fsp3) is 0.500. The minimum Gasteiger partial charge on any atom is -0.388 e. The van der Waals surface area contributed by atoms with Crippen LogP contribution in [0, 0.1) is 0 Å². The molecule has 20 heavy (non-hydrogen) atoms. The van der Waals surface area contributed by atoms with Crippen LogP contribution in [0.4, 0.5) is 0 Å². The van der Waals surface area contributed by atoms with Gasteiger partial charge in [-0.3, -0.25) is 4.79 Å². The molecule has 0 radical (unpaired) electrons. The van der Waals surface area contributed by atoms with Gasteiger partial charge in [0.2, 0.25) is 0 Å². The van der Waals surface area contributed by atoms with Crippen LogP contribution in [0.25, 0.3) is 0 Å². The summed E-state index contributed by atoms with van der Waals surface area (Å²) in [5.41, 5.74) is -0.533. The Hall–Kier alpha value is -1.40. The van der Waals surface area contributed by atoms with Gasteiger partial charge in [-0.2, -0.15) is 0 Å². The maximum absolute atomic E-state index is 11.9. The first-order valence-corrected chi connectivity index (χ1v) is 8.41. The SMILES string of the molecule is CCC(O)(CC)CNC(=O)c1ccc(S(C)(=O)=O)cc1. The summed E-state index contributed by atoms with van der Waals surface area (Å²) in [5.74, 6) is -0.328. The molecule has 0 aromatic heterocycles. The first-order chi connectivity index (χ1) is 9.22. The second kappa shape index (κ2) is 6.37. The van der Waals surface area contributed by atoms with Gasteiger partial charge in [0.25, 0.3) is 5.91 Å². The summed E-state index contributed by atoms with van der Waals surface area (Å²) in [6, 6.07) is 5.72. The second-order valence-corrected chi connectivity index (χ2v) is 6.93. The summed E-state index contributed by atoms with van der Waals surface area (Å²) in [4.78, 5) is 12.1. The number of rotatable bonds is 6. The highest BCUT2D eigenvalue weighted by atomic mass is 32.2. The van der Waals surface area contributed by atoms with E-state index in [1.165, 1.54) is 24.3 Å². The first-order valence-electron chi connectivity index (χ1n) is 6.52. The lowest BCUT2D eigenvalue weighted by molar-refractivity contribution is 0.0314. The maximum atomic E-state index is 11.9. The summed E-state index contributed by atoms with van der Waals surface area (Å²) in [6.07, 6.45) is 2.22. The van der Waals surface area contributed by atoms with E-state index in [2.05, 4.69) is 5.32 Å². The Morgan fingerprint density at radius 1 is 1.20 bits per heavy atom. The Labute approximate surface area is 119 Å². The molecular weight excluding hydrogens is 278 g/mol. The lowest BCUT2D eigenvalue weighted by Crippen LogP contribution is -2.42. The first kappa shape index (κ1) is 16.7. The van der Waals surface area contributed by atoms with Crippen molar-refractivity contribution in [3.05, 3.63) is 29.8 Å². The quantitative estimate of drug-likeness (QED) is 0.831. The molecule has 0 fully saturated rings. The number of aliphatic hydroxyl groups is 1. The Morgan fingerprint density at radius 3 is 2.10 bits per heavy atom. The lowest BCUT2D eigenvalue weighted by Gasteiger charge is -2.25. The van der Waals surface area contributed by atoms with E-state index in [1.54, 1.807) is 0 Å². The van der Waals surface area contributed by atoms with Gasteiger partial charge < -0.3 is 10.4 Å². The number of amides is 1. The van der Waals surface area contributed by atoms with E-state index in [0.717, 1.165) is 6.26 Å². The summed E-state index contributed by atoms with van der Waals surface area (Å²) < 4.78 is 22.6. The Kier molecular flexibility index (Phi) is 5.30. The number of nitrogens with one attached hydrogen (secondary N) is 1. The van der Waals surface area contributed by atoms with E-state index in [4.69, 9.17) is 0 Å². The van der Waals surface area contributed by atoms with Crippen LogP contribution in [-0.2, 0) is 9.84 Å². The predicted octanol–water partition coefficient (Wildman–Crippen LogP) is 1.37. The highest BCUT2D eigenvalue weighted by Crippen LogP contribution is 2.14. The van der Waals surface area contributed by atoms with E-state index in [0.29, 0.717) is 18.4 Å². The molecule has 1 aromatic carbocycles. The number of carbonyl (C=O) groups is 1. The zero-order valence-corrected chi connectivity index (χ0v) is 12.8. The van der Waals surface area contributed by atoms with E-state index < -0.39 is 15.4 Å². The van der Waals surface area contributed by atoms with Crippen LogP contribution in [0.3, 0.4) is 0 Å². The standard InChI is InChI=1S/C14H21NO4S/c1-4-14(17,5-2)10-15-13(16)11-6-8-12(9-7-11)20(3,18)19/h6-9,17H,4-5,10H2,1-3H3,(H,15,16). The van der Waals surface area contributed by atoms with Gasteiger partial charge in [-0.15, -0.1) is 0 Å². The van der Waals surface area contributed by atoms with Crippen molar-refractivity contribution in [1.29, 1.82) is 0 Å². The smallest absolute Gasteiger partial charge is 0.251 e. The molecule has 0 atom stereocenters. The van der Waals surface area contributed by atoms with Crippen molar-refractivity contribution in [3.8, 4) is 0 Å². The molecule has 0 unspecified atom stereocenters. The van der Waals surface area contributed by atoms with Gasteiger partial charge in [-0.05, 0) is 37.1 Å². The van der Waals surface area contributed by atoms with Crippen molar-refractivity contribution >= 4 is 15.7 Å². The van der Waals surface area contributed by atoms with Gasteiger partial charge in [0.15, 0.2) is 9.84 Å². The molecular formula is C14H21NO4S. The molecule has 0 saturated heterocycles. The van der Waals surface area contributed by atoms with Crippen molar-refractivity contribution in [2.75, 3.05) is 12.8 Å². The molecule has 0 aliphatic carbocycles. The van der Waals surface area contributed by atoms with E-state index in [-0.39, 0.29) is 17.3 Å². The average Bonchev–Trinajstić information content (AvgIpc) is 2.43. The number of benzene rings is 1. The molecule has 2 N–H and O–H groups in total. The third-order valence-corrected chi connectivity index (χ3v) is 4.57. The third-order valence-electron chi connectivity index (χ3n) is 3.44. The van der Waals surface area contributed by atoms with Gasteiger partial charge in [0.1, 0.15) is 0 Å². The molecule has 5 nitrogen and oxygen atoms in total. The molecule has 1 amide bonds. The normalized spacial score (nSPS) is 12.2. The highest BCUT2D eigenvalue weighted by molar-refractivity contribution is 7.90. The Morgan fingerprint density at radius 2 is 1.70 bits per heavy atom. The number of hydrogen-bond acceptors (Lipinski definition) is 4. The van der Waals surface area contributed by atoms with Crippen molar-refractivity contribution in [3.63, 3.8) is 0 Å². The van der Waals surface area contributed by atoms with Crippen LogP contribution in [0.2, 0.25) is 0 Å². The van der Waals surface area contributed by atoms with Crippen molar-refractivity contribution in [2.24, 2.45) is 0 Å². The van der Waals surface area contributed by atoms with Gasteiger partial charge in [-0.25, -0.2) is 8.42 Å². The van der Waals surface area contributed by atoms with Crippen LogP contribution in [0.15, 0.2) is 29.2 Å². The molecule has 0 saturated carbocycles. The summed E-state index contributed by atoms with van der Waals surface area (Å²) in [7, 11) is -3.26. The fourth-order valence-electron chi connectivity index (χ4n) is 1.70. The molecule has 1 rings (SSSR count). The fourth-order valence-corrected chi connectivity index (χ4v) is 2.33. The molecule has 0 spiro atoms. The number of hydrogen-bond donors (Lipinski definition) is 2. The van der Waals surface area contributed by atoms with E-state index in [9.17, 15) is 18.3 Å².